The molecule has 0 unspecified atom stereocenters. The first kappa shape index (κ1) is 22.8. The van der Waals surface area contributed by atoms with E-state index in [0.717, 1.165) is 28.2 Å². The molecule has 32 heavy (non-hydrogen) atoms. The SMILES string of the molecule is COc1ccc(C)cc1NC(=O)C(=O)N/N=C\c1cc(C)n(-c2ccc(C)c(C)c2)c1C. The van der Waals surface area contributed by atoms with Crippen molar-refractivity contribution in [2.45, 2.75) is 34.6 Å². The van der Waals surface area contributed by atoms with E-state index in [0.29, 0.717) is 11.4 Å². The lowest BCUT2D eigenvalue weighted by Gasteiger charge is -2.11. The molecule has 2 aromatic carbocycles. The number of nitrogens with one attached hydrogen (secondary N) is 2. The van der Waals surface area contributed by atoms with Crippen molar-refractivity contribution in [3.05, 3.63) is 76.1 Å². The summed E-state index contributed by atoms with van der Waals surface area (Å²) in [5, 5.41) is 6.53. The Morgan fingerprint density at radius 3 is 2.38 bits per heavy atom. The lowest BCUT2D eigenvalue weighted by atomic mass is 10.1. The van der Waals surface area contributed by atoms with Gasteiger partial charge in [-0.3, -0.25) is 9.59 Å². The standard InChI is InChI=1S/C25H28N4O3/c1-15-7-10-23(32-6)22(11-15)27-24(30)25(31)28-26-14-20-13-18(4)29(19(20)5)21-9-8-16(2)17(3)12-21/h7-14H,1-6H3,(H,27,30)(H,28,31)/b26-14-. The second kappa shape index (κ2) is 9.51. The quantitative estimate of drug-likeness (QED) is 0.361. The zero-order chi connectivity index (χ0) is 23.4. The highest BCUT2D eigenvalue weighted by molar-refractivity contribution is 6.39. The van der Waals surface area contributed by atoms with Crippen molar-refractivity contribution >= 4 is 23.7 Å². The highest BCUT2D eigenvalue weighted by Crippen LogP contribution is 2.25. The number of hydrogen-bond donors (Lipinski definition) is 2. The number of hydrazone groups is 1. The predicted octanol–water partition coefficient (Wildman–Crippen LogP) is 4.12. The molecule has 0 saturated heterocycles. The molecule has 2 N–H and O–H groups in total. The molecule has 0 bridgehead atoms. The van der Waals surface area contributed by atoms with Gasteiger partial charge in [-0.05, 0) is 81.6 Å². The molecule has 0 spiro atoms. The number of rotatable bonds is 5. The monoisotopic (exact) mass is 432 g/mol. The van der Waals surface area contributed by atoms with Crippen LogP contribution in [0.25, 0.3) is 5.69 Å². The van der Waals surface area contributed by atoms with E-state index < -0.39 is 11.8 Å². The Hall–Kier alpha value is -3.87. The molecule has 7 heteroatoms. The van der Waals surface area contributed by atoms with Crippen LogP contribution < -0.4 is 15.5 Å². The number of methoxy groups -OCH3 is 1. The molecular weight excluding hydrogens is 404 g/mol. The predicted molar refractivity (Wildman–Crippen MR) is 127 cm³/mol. The summed E-state index contributed by atoms with van der Waals surface area (Å²) in [6, 6.07) is 13.6. The van der Waals surface area contributed by atoms with Gasteiger partial charge in [-0.15, -0.1) is 0 Å². The first-order valence-corrected chi connectivity index (χ1v) is 10.3. The molecule has 0 fully saturated rings. The molecule has 0 aliphatic carbocycles. The fourth-order valence-corrected chi connectivity index (χ4v) is 3.49. The summed E-state index contributed by atoms with van der Waals surface area (Å²) in [5.41, 5.74) is 10.0. The fraction of sp³-hybridized carbons (Fsp3) is 0.240. The molecule has 0 atom stereocenters. The van der Waals surface area contributed by atoms with Crippen molar-refractivity contribution in [3.63, 3.8) is 0 Å². The fourth-order valence-electron chi connectivity index (χ4n) is 3.49. The second-order valence-electron chi connectivity index (χ2n) is 7.79. The van der Waals surface area contributed by atoms with Gasteiger partial charge >= 0.3 is 11.8 Å². The van der Waals surface area contributed by atoms with Gasteiger partial charge in [0.25, 0.3) is 0 Å². The maximum Gasteiger partial charge on any atom is 0.329 e. The van der Waals surface area contributed by atoms with Gasteiger partial charge in [0.2, 0.25) is 0 Å². The number of amides is 2. The van der Waals surface area contributed by atoms with Crippen molar-refractivity contribution in [2.24, 2.45) is 5.10 Å². The third-order valence-corrected chi connectivity index (χ3v) is 5.40. The first-order valence-electron chi connectivity index (χ1n) is 10.3. The molecule has 3 aromatic rings. The van der Waals surface area contributed by atoms with E-state index in [1.54, 1.807) is 12.1 Å². The van der Waals surface area contributed by atoms with Gasteiger partial charge in [0.15, 0.2) is 0 Å². The Morgan fingerprint density at radius 1 is 0.938 bits per heavy atom. The van der Waals surface area contributed by atoms with Crippen LogP contribution in [-0.4, -0.2) is 29.7 Å². The molecule has 0 aliphatic rings. The maximum atomic E-state index is 12.2. The largest absolute Gasteiger partial charge is 0.495 e. The van der Waals surface area contributed by atoms with Crippen LogP contribution in [0.2, 0.25) is 0 Å². The number of benzene rings is 2. The van der Waals surface area contributed by atoms with Crippen molar-refractivity contribution in [1.82, 2.24) is 9.99 Å². The number of aromatic nitrogens is 1. The van der Waals surface area contributed by atoms with Crippen molar-refractivity contribution in [3.8, 4) is 11.4 Å². The summed E-state index contributed by atoms with van der Waals surface area (Å²) < 4.78 is 7.35. The van der Waals surface area contributed by atoms with Gasteiger partial charge in [0.05, 0.1) is 19.0 Å². The van der Waals surface area contributed by atoms with E-state index in [4.69, 9.17) is 4.74 Å². The summed E-state index contributed by atoms with van der Waals surface area (Å²) in [5.74, 6) is -1.22. The van der Waals surface area contributed by atoms with Crippen LogP contribution in [0.1, 0.15) is 33.6 Å². The van der Waals surface area contributed by atoms with E-state index in [-0.39, 0.29) is 0 Å². The minimum atomic E-state index is -0.868. The van der Waals surface area contributed by atoms with Crippen LogP contribution in [-0.2, 0) is 9.59 Å². The molecule has 3 rings (SSSR count). The van der Waals surface area contributed by atoms with Crippen LogP contribution in [0.15, 0.2) is 47.6 Å². The lowest BCUT2D eigenvalue weighted by molar-refractivity contribution is -0.136. The van der Waals surface area contributed by atoms with Gasteiger partial charge in [-0.2, -0.15) is 5.10 Å². The summed E-state index contributed by atoms with van der Waals surface area (Å²) in [6.45, 7) is 10.1. The van der Waals surface area contributed by atoms with Crippen LogP contribution in [0, 0.1) is 34.6 Å². The molecule has 1 heterocycles. The van der Waals surface area contributed by atoms with E-state index in [9.17, 15) is 9.59 Å². The van der Waals surface area contributed by atoms with Crippen molar-refractivity contribution < 1.29 is 14.3 Å². The molecule has 2 amide bonds. The maximum absolute atomic E-state index is 12.2. The second-order valence-corrected chi connectivity index (χ2v) is 7.79. The summed E-state index contributed by atoms with van der Waals surface area (Å²) in [7, 11) is 1.50. The number of hydrogen-bond acceptors (Lipinski definition) is 4. The topological polar surface area (TPSA) is 84.7 Å². The molecule has 166 valence electrons. The van der Waals surface area contributed by atoms with Crippen LogP contribution in [0.5, 0.6) is 5.75 Å². The highest BCUT2D eigenvalue weighted by atomic mass is 16.5. The van der Waals surface area contributed by atoms with E-state index >= 15 is 0 Å². The number of aryl methyl sites for hydroxylation is 4. The van der Waals surface area contributed by atoms with Gasteiger partial charge in [0.1, 0.15) is 5.75 Å². The summed E-state index contributed by atoms with van der Waals surface area (Å²) >= 11 is 0. The summed E-state index contributed by atoms with van der Waals surface area (Å²) in [6.07, 6.45) is 1.54. The Labute approximate surface area is 188 Å². The third-order valence-electron chi connectivity index (χ3n) is 5.40. The summed E-state index contributed by atoms with van der Waals surface area (Å²) in [4.78, 5) is 24.4. The number of carbonyl (C=O) groups excluding carboxylic acids is 2. The zero-order valence-electron chi connectivity index (χ0n) is 19.2. The third kappa shape index (κ3) is 4.88. The lowest BCUT2D eigenvalue weighted by Crippen LogP contribution is -2.32. The first-order chi connectivity index (χ1) is 15.2. The Kier molecular flexibility index (Phi) is 6.78. The van der Waals surface area contributed by atoms with Crippen molar-refractivity contribution in [2.75, 3.05) is 12.4 Å². The molecule has 0 aliphatic heterocycles. The zero-order valence-corrected chi connectivity index (χ0v) is 19.2. The number of anilines is 1. The van der Waals surface area contributed by atoms with Gasteiger partial charge in [0, 0.05) is 22.6 Å². The smallest absolute Gasteiger partial charge is 0.329 e. The van der Waals surface area contributed by atoms with Crippen molar-refractivity contribution in [1.29, 1.82) is 0 Å². The number of nitrogens with zero attached hydrogens (tertiary/aromatic N) is 2. The van der Waals surface area contributed by atoms with E-state index in [1.165, 1.54) is 24.5 Å². The van der Waals surface area contributed by atoms with Gasteiger partial charge in [-0.1, -0.05) is 12.1 Å². The number of carbonyl (C=O) groups is 2. The van der Waals surface area contributed by atoms with Crippen LogP contribution in [0.4, 0.5) is 5.69 Å². The average Bonchev–Trinajstić information content (AvgIpc) is 3.03. The minimum absolute atomic E-state index is 0.425. The molecule has 0 radical (unpaired) electrons. The van der Waals surface area contributed by atoms with Gasteiger partial charge < -0.3 is 14.6 Å². The Bertz CT molecular complexity index is 1210. The van der Waals surface area contributed by atoms with Crippen LogP contribution in [0.3, 0.4) is 0 Å². The normalized spacial score (nSPS) is 10.9. The Balaban J connectivity index is 1.71. The molecule has 7 nitrogen and oxygen atoms in total. The Morgan fingerprint density at radius 2 is 1.69 bits per heavy atom. The van der Waals surface area contributed by atoms with Gasteiger partial charge in [-0.25, -0.2) is 5.43 Å². The molecular formula is C25H28N4O3. The average molecular weight is 433 g/mol. The van der Waals surface area contributed by atoms with Crippen LogP contribution >= 0.6 is 0 Å². The van der Waals surface area contributed by atoms with E-state index in [2.05, 4.69) is 52.5 Å². The molecule has 0 saturated carbocycles. The van der Waals surface area contributed by atoms with E-state index in [1.807, 2.05) is 32.9 Å². The molecule has 1 aromatic heterocycles. The minimum Gasteiger partial charge on any atom is -0.495 e. The highest BCUT2D eigenvalue weighted by Gasteiger charge is 2.16. The number of ether oxygens (including phenoxy) is 1.